The summed E-state index contributed by atoms with van der Waals surface area (Å²) in [4.78, 5) is 10.2. The summed E-state index contributed by atoms with van der Waals surface area (Å²) < 4.78 is 74.5. The second-order valence-electron chi connectivity index (χ2n) is 5.59. The molecule has 0 unspecified atom stereocenters. The Morgan fingerprint density at radius 3 is 1.86 bits per heavy atom. The summed E-state index contributed by atoms with van der Waals surface area (Å²) in [5.74, 6) is 0. The largest absolute Gasteiger partial charge is 0.429 e. The van der Waals surface area contributed by atoms with Crippen molar-refractivity contribution in [1.82, 2.24) is 0 Å². The Labute approximate surface area is 118 Å². The minimum absolute atomic E-state index is 0.0830. The first-order valence-electron chi connectivity index (χ1n) is 6.24. The van der Waals surface area contributed by atoms with Crippen molar-refractivity contribution in [2.24, 2.45) is 5.41 Å². The number of allylic oxidation sites excluding steroid dienone is 1. The van der Waals surface area contributed by atoms with Crippen molar-refractivity contribution in [2.45, 2.75) is 57.5 Å². The van der Waals surface area contributed by atoms with E-state index in [1.54, 1.807) is 13.8 Å². The molecule has 0 saturated carbocycles. The molecule has 1 N–H and O–H groups in total. The number of carbonyl (C=O) groups excluding carboxylic acids is 1. The smallest absolute Gasteiger partial charge is 0.370 e. The third-order valence-corrected chi connectivity index (χ3v) is 3.07. The second-order valence-corrected chi connectivity index (χ2v) is 5.59. The van der Waals surface area contributed by atoms with Gasteiger partial charge in [0, 0.05) is 6.42 Å². The molecular formula is C13H18F6O2. The highest BCUT2D eigenvalue weighted by Gasteiger charge is 2.68. The van der Waals surface area contributed by atoms with Gasteiger partial charge in [0.2, 0.25) is 0 Å². The topological polar surface area (TPSA) is 37.3 Å². The molecule has 0 spiro atoms. The molecule has 0 aromatic carbocycles. The van der Waals surface area contributed by atoms with E-state index in [9.17, 15) is 31.1 Å². The summed E-state index contributed by atoms with van der Waals surface area (Å²) in [5, 5.41) is 8.91. The highest BCUT2D eigenvalue weighted by atomic mass is 19.4. The van der Waals surface area contributed by atoms with Crippen LogP contribution in [0.2, 0.25) is 0 Å². The van der Waals surface area contributed by atoms with Crippen molar-refractivity contribution in [3.05, 3.63) is 12.2 Å². The Bertz CT molecular complexity index is 354. The number of unbranched alkanes of at least 4 members (excludes halogenated alkanes) is 1. The zero-order valence-corrected chi connectivity index (χ0v) is 11.7. The van der Waals surface area contributed by atoms with Crippen LogP contribution in [0.15, 0.2) is 12.2 Å². The molecule has 0 rings (SSSR count). The number of carbonyl (C=O) groups is 1. The molecule has 0 aliphatic rings. The third kappa shape index (κ3) is 5.68. The molecule has 0 aliphatic heterocycles. The van der Waals surface area contributed by atoms with Crippen LogP contribution in [0.3, 0.4) is 0 Å². The van der Waals surface area contributed by atoms with Crippen LogP contribution < -0.4 is 0 Å². The first-order chi connectivity index (χ1) is 9.27. The molecule has 8 heteroatoms. The van der Waals surface area contributed by atoms with Crippen LogP contribution >= 0.6 is 0 Å². The Morgan fingerprint density at radius 2 is 1.48 bits per heavy atom. The van der Waals surface area contributed by atoms with Gasteiger partial charge in [0.05, 0.1) is 0 Å². The number of aliphatic hydroxyl groups is 1. The van der Waals surface area contributed by atoms with E-state index < -0.39 is 23.4 Å². The van der Waals surface area contributed by atoms with E-state index in [1.807, 2.05) is 0 Å². The standard InChI is InChI=1S/C13H18F6O2/c1-10(2,6-3-4-9-20)7-5-8-11(21,12(14,15)16)13(17,18)19/h5,8-9,21H,3-4,6-7H2,1-2H3/b8-5+. The fraction of sp³-hybridized carbons (Fsp3) is 0.769. The number of aldehydes is 1. The molecule has 0 heterocycles. The average molecular weight is 320 g/mol. The van der Waals surface area contributed by atoms with Gasteiger partial charge >= 0.3 is 12.4 Å². The van der Waals surface area contributed by atoms with E-state index in [0.717, 1.165) is 0 Å². The molecular weight excluding hydrogens is 302 g/mol. The minimum atomic E-state index is -5.84. The van der Waals surface area contributed by atoms with Crippen molar-refractivity contribution >= 4 is 6.29 Å². The van der Waals surface area contributed by atoms with Crippen LogP contribution in [0.4, 0.5) is 26.3 Å². The second kappa shape index (κ2) is 6.81. The Balaban J connectivity index is 4.93. The molecule has 0 fully saturated rings. The van der Waals surface area contributed by atoms with Gasteiger partial charge in [-0.2, -0.15) is 26.3 Å². The van der Waals surface area contributed by atoms with E-state index in [4.69, 9.17) is 5.11 Å². The van der Waals surface area contributed by atoms with Gasteiger partial charge in [-0.25, -0.2) is 0 Å². The van der Waals surface area contributed by atoms with E-state index in [2.05, 4.69) is 0 Å². The molecule has 0 radical (unpaired) electrons. The van der Waals surface area contributed by atoms with E-state index in [1.165, 1.54) is 0 Å². The predicted octanol–water partition coefficient (Wildman–Crippen LogP) is 4.18. The normalized spacial score (nSPS) is 14.7. The Kier molecular flexibility index (Phi) is 6.47. The van der Waals surface area contributed by atoms with Crippen LogP contribution in [0.25, 0.3) is 0 Å². The molecule has 124 valence electrons. The van der Waals surface area contributed by atoms with Crippen LogP contribution in [-0.4, -0.2) is 29.3 Å². The highest BCUT2D eigenvalue weighted by Crippen LogP contribution is 2.44. The fourth-order valence-corrected chi connectivity index (χ4v) is 1.66. The van der Waals surface area contributed by atoms with Crippen molar-refractivity contribution < 1.29 is 36.2 Å². The summed E-state index contributed by atoms with van der Waals surface area (Å²) in [6.45, 7) is 3.31. The third-order valence-electron chi connectivity index (χ3n) is 3.07. The summed E-state index contributed by atoms with van der Waals surface area (Å²) in [6.07, 6.45) is -9.41. The highest BCUT2D eigenvalue weighted by molar-refractivity contribution is 5.48. The summed E-state index contributed by atoms with van der Waals surface area (Å²) >= 11 is 0. The zero-order valence-electron chi connectivity index (χ0n) is 11.7. The monoisotopic (exact) mass is 320 g/mol. The SMILES string of the molecule is CC(C)(C/C=C/C(O)(C(F)(F)F)C(F)(F)F)CCCC=O. The van der Waals surface area contributed by atoms with Crippen molar-refractivity contribution in [2.75, 3.05) is 0 Å². The molecule has 0 saturated heterocycles. The van der Waals surface area contributed by atoms with Crippen LogP contribution in [-0.2, 0) is 4.79 Å². The maximum atomic E-state index is 12.4. The molecule has 0 atom stereocenters. The summed E-state index contributed by atoms with van der Waals surface area (Å²) in [6, 6.07) is 0. The van der Waals surface area contributed by atoms with E-state index >= 15 is 0 Å². The maximum absolute atomic E-state index is 12.4. The maximum Gasteiger partial charge on any atom is 0.429 e. The molecule has 2 nitrogen and oxygen atoms in total. The minimum Gasteiger partial charge on any atom is -0.370 e. The van der Waals surface area contributed by atoms with Crippen molar-refractivity contribution in [1.29, 1.82) is 0 Å². The lowest BCUT2D eigenvalue weighted by molar-refractivity contribution is -0.347. The van der Waals surface area contributed by atoms with Gasteiger partial charge in [-0.3, -0.25) is 0 Å². The van der Waals surface area contributed by atoms with Gasteiger partial charge in [-0.15, -0.1) is 0 Å². The molecule has 21 heavy (non-hydrogen) atoms. The average Bonchev–Trinajstić information content (AvgIpc) is 2.25. The number of hydrogen-bond acceptors (Lipinski definition) is 2. The number of halogens is 6. The van der Waals surface area contributed by atoms with Gasteiger partial charge in [0.1, 0.15) is 6.29 Å². The van der Waals surface area contributed by atoms with Crippen LogP contribution in [0, 0.1) is 5.41 Å². The summed E-state index contributed by atoms with van der Waals surface area (Å²) in [7, 11) is 0. The van der Waals surface area contributed by atoms with E-state index in [-0.39, 0.29) is 18.9 Å². The van der Waals surface area contributed by atoms with Gasteiger partial charge in [0.25, 0.3) is 5.60 Å². The Morgan fingerprint density at radius 1 is 1.00 bits per heavy atom. The lowest BCUT2D eigenvalue weighted by Gasteiger charge is -2.30. The predicted molar refractivity (Wildman–Crippen MR) is 64.5 cm³/mol. The van der Waals surface area contributed by atoms with Gasteiger partial charge < -0.3 is 9.90 Å². The first kappa shape index (κ1) is 19.9. The fourth-order valence-electron chi connectivity index (χ4n) is 1.66. The van der Waals surface area contributed by atoms with Crippen LogP contribution in [0.5, 0.6) is 0 Å². The molecule has 0 aromatic rings. The molecule has 0 aliphatic carbocycles. The van der Waals surface area contributed by atoms with E-state index in [0.29, 0.717) is 25.2 Å². The zero-order chi connectivity index (χ0) is 16.9. The van der Waals surface area contributed by atoms with Crippen LogP contribution in [0.1, 0.15) is 39.5 Å². The van der Waals surface area contributed by atoms with Crippen molar-refractivity contribution in [3.63, 3.8) is 0 Å². The van der Waals surface area contributed by atoms with Gasteiger partial charge in [-0.1, -0.05) is 19.9 Å². The number of hydrogen-bond donors (Lipinski definition) is 1. The van der Waals surface area contributed by atoms with Gasteiger partial charge in [0.15, 0.2) is 0 Å². The molecule has 0 bridgehead atoms. The first-order valence-corrected chi connectivity index (χ1v) is 6.24. The lowest BCUT2D eigenvalue weighted by atomic mass is 9.83. The summed E-state index contributed by atoms with van der Waals surface area (Å²) in [5.41, 5.74) is -5.42. The number of rotatable bonds is 7. The van der Waals surface area contributed by atoms with Crippen molar-refractivity contribution in [3.8, 4) is 0 Å². The molecule has 0 amide bonds. The lowest BCUT2D eigenvalue weighted by Crippen LogP contribution is -2.55. The number of alkyl halides is 6. The Hall–Kier alpha value is -1.05. The van der Waals surface area contributed by atoms with Gasteiger partial charge in [-0.05, 0) is 30.8 Å². The molecule has 0 aromatic heterocycles. The quantitative estimate of drug-likeness (QED) is 0.331.